The highest BCUT2D eigenvalue weighted by atomic mass is 16.1. The van der Waals surface area contributed by atoms with Gasteiger partial charge in [0.25, 0.3) is 0 Å². The number of aryl methyl sites for hydroxylation is 1. The van der Waals surface area contributed by atoms with Gasteiger partial charge in [0.05, 0.1) is 0 Å². The highest BCUT2D eigenvalue weighted by Crippen LogP contribution is 2.09. The van der Waals surface area contributed by atoms with Crippen molar-refractivity contribution in [1.82, 2.24) is 0 Å². The second-order valence-electron chi connectivity index (χ2n) is 3.25. The summed E-state index contributed by atoms with van der Waals surface area (Å²) in [6, 6.07) is 5.48. The summed E-state index contributed by atoms with van der Waals surface area (Å²) in [5, 5.41) is 0. The Kier molecular flexibility index (Phi) is 2.96. The molecule has 0 N–H and O–H groups in total. The standard InChI is InChI=1S/C11H12O2/c1-8-3-10(5-9(2)13)6-11(4-8)7-12/h3-4,6-7H,5H2,1-2H3. The van der Waals surface area contributed by atoms with Crippen molar-refractivity contribution in [3.8, 4) is 0 Å². The number of carbonyl (C=O) groups is 2. The third-order valence-corrected chi connectivity index (χ3v) is 1.75. The summed E-state index contributed by atoms with van der Waals surface area (Å²) in [6.45, 7) is 3.46. The van der Waals surface area contributed by atoms with Crippen LogP contribution in [-0.4, -0.2) is 12.1 Å². The van der Waals surface area contributed by atoms with E-state index in [9.17, 15) is 9.59 Å². The number of aldehydes is 1. The molecule has 0 aliphatic rings. The molecule has 13 heavy (non-hydrogen) atoms. The first kappa shape index (κ1) is 9.65. The van der Waals surface area contributed by atoms with Gasteiger partial charge in [-0.05, 0) is 31.5 Å². The minimum Gasteiger partial charge on any atom is -0.300 e. The third-order valence-electron chi connectivity index (χ3n) is 1.75. The summed E-state index contributed by atoms with van der Waals surface area (Å²) in [4.78, 5) is 21.3. The number of carbonyl (C=O) groups excluding carboxylic acids is 2. The molecule has 0 aromatic heterocycles. The average molecular weight is 176 g/mol. The van der Waals surface area contributed by atoms with E-state index in [-0.39, 0.29) is 5.78 Å². The van der Waals surface area contributed by atoms with Crippen LogP contribution in [0.2, 0.25) is 0 Å². The van der Waals surface area contributed by atoms with E-state index in [1.54, 1.807) is 19.1 Å². The number of rotatable bonds is 3. The minimum absolute atomic E-state index is 0.113. The van der Waals surface area contributed by atoms with Crippen LogP contribution in [0.4, 0.5) is 0 Å². The molecule has 2 heteroatoms. The lowest BCUT2D eigenvalue weighted by Crippen LogP contribution is -1.97. The zero-order valence-electron chi connectivity index (χ0n) is 7.83. The van der Waals surface area contributed by atoms with Gasteiger partial charge in [0.1, 0.15) is 12.1 Å². The van der Waals surface area contributed by atoms with Crippen LogP contribution in [0.5, 0.6) is 0 Å². The number of hydrogen-bond acceptors (Lipinski definition) is 2. The molecule has 0 aliphatic carbocycles. The summed E-state index contributed by atoms with van der Waals surface area (Å²) in [6.07, 6.45) is 1.21. The molecule has 0 radical (unpaired) electrons. The average Bonchev–Trinajstić information content (AvgIpc) is 2.01. The Morgan fingerprint density at radius 1 is 1.38 bits per heavy atom. The van der Waals surface area contributed by atoms with Crippen molar-refractivity contribution in [2.24, 2.45) is 0 Å². The van der Waals surface area contributed by atoms with Crippen molar-refractivity contribution in [1.29, 1.82) is 0 Å². The quantitative estimate of drug-likeness (QED) is 0.659. The van der Waals surface area contributed by atoms with Gasteiger partial charge in [0.15, 0.2) is 0 Å². The lowest BCUT2D eigenvalue weighted by molar-refractivity contribution is -0.116. The van der Waals surface area contributed by atoms with Gasteiger partial charge in [-0.2, -0.15) is 0 Å². The Balaban J connectivity index is 3.01. The van der Waals surface area contributed by atoms with Gasteiger partial charge in [-0.1, -0.05) is 11.6 Å². The number of ketones is 1. The number of benzene rings is 1. The van der Waals surface area contributed by atoms with E-state index in [0.29, 0.717) is 12.0 Å². The maximum absolute atomic E-state index is 10.8. The van der Waals surface area contributed by atoms with E-state index in [1.165, 1.54) is 0 Å². The molecule has 0 amide bonds. The largest absolute Gasteiger partial charge is 0.300 e. The van der Waals surface area contributed by atoms with Crippen LogP contribution in [0.25, 0.3) is 0 Å². The molecular formula is C11H12O2. The van der Waals surface area contributed by atoms with Gasteiger partial charge in [-0.15, -0.1) is 0 Å². The molecule has 0 aliphatic heterocycles. The first-order chi connectivity index (χ1) is 6.11. The maximum Gasteiger partial charge on any atom is 0.150 e. The second-order valence-corrected chi connectivity index (χ2v) is 3.25. The predicted molar refractivity (Wildman–Crippen MR) is 51.0 cm³/mol. The van der Waals surface area contributed by atoms with Crippen LogP contribution in [0, 0.1) is 6.92 Å². The van der Waals surface area contributed by atoms with Crippen molar-refractivity contribution in [2.75, 3.05) is 0 Å². The van der Waals surface area contributed by atoms with Crippen molar-refractivity contribution in [2.45, 2.75) is 20.3 Å². The van der Waals surface area contributed by atoms with Crippen LogP contribution >= 0.6 is 0 Å². The van der Waals surface area contributed by atoms with Crippen LogP contribution in [-0.2, 0) is 11.2 Å². The number of hydrogen-bond donors (Lipinski definition) is 0. The topological polar surface area (TPSA) is 34.1 Å². The Hall–Kier alpha value is -1.44. The Labute approximate surface area is 77.6 Å². The van der Waals surface area contributed by atoms with Crippen molar-refractivity contribution < 1.29 is 9.59 Å². The maximum atomic E-state index is 10.8. The van der Waals surface area contributed by atoms with E-state index in [0.717, 1.165) is 17.4 Å². The molecule has 68 valence electrons. The van der Waals surface area contributed by atoms with Gasteiger partial charge in [0, 0.05) is 12.0 Å². The second kappa shape index (κ2) is 3.99. The van der Waals surface area contributed by atoms with Crippen molar-refractivity contribution in [3.05, 3.63) is 34.9 Å². The first-order valence-electron chi connectivity index (χ1n) is 4.17. The molecule has 0 fully saturated rings. The van der Waals surface area contributed by atoms with Gasteiger partial charge >= 0.3 is 0 Å². The zero-order chi connectivity index (χ0) is 9.84. The van der Waals surface area contributed by atoms with Gasteiger partial charge in [-0.3, -0.25) is 9.59 Å². The fourth-order valence-electron chi connectivity index (χ4n) is 1.35. The van der Waals surface area contributed by atoms with E-state index < -0.39 is 0 Å². The monoisotopic (exact) mass is 176 g/mol. The Morgan fingerprint density at radius 3 is 2.62 bits per heavy atom. The summed E-state index contributed by atoms with van der Waals surface area (Å²) < 4.78 is 0. The van der Waals surface area contributed by atoms with E-state index >= 15 is 0 Å². The molecule has 0 bridgehead atoms. The van der Waals surface area contributed by atoms with Gasteiger partial charge in [-0.25, -0.2) is 0 Å². The van der Waals surface area contributed by atoms with Crippen molar-refractivity contribution in [3.63, 3.8) is 0 Å². The summed E-state index contributed by atoms with van der Waals surface area (Å²) in [7, 11) is 0. The molecule has 1 aromatic carbocycles. The fraction of sp³-hybridized carbons (Fsp3) is 0.273. The molecule has 0 saturated carbocycles. The molecule has 0 spiro atoms. The number of Topliss-reactive ketones (excluding diaryl/α,β-unsaturated/α-hetero) is 1. The first-order valence-corrected chi connectivity index (χ1v) is 4.17. The lowest BCUT2D eigenvalue weighted by atomic mass is 10.0. The smallest absolute Gasteiger partial charge is 0.150 e. The predicted octanol–water partition coefficient (Wildman–Crippen LogP) is 1.94. The minimum atomic E-state index is 0.113. The SMILES string of the molecule is CC(=O)Cc1cc(C)cc(C=O)c1. The zero-order valence-corrected chi connectivity index (χ0v) is 7.83. The normalized spacial score (nSPS) is 9.69. The van der Waals surface area contributed by atoms with E-state index in [2.05, 4.69) is 0 Å². The van der Waals surface area contributed by atoms with E-state index in [1.807, 2.05) is 13.0 Å². The van der Waals surface area contributed by atoms with Crippen molar-refractivity contribution >= 4 is 12.1 Å². The molecule has 2 nitrogen and oxygen atoms in total. The molecule has 0 saturated heterocycles. The Bertz CT molecular complexity index is 340. The van der Waals surface area contributed by atoms with Crippen LogP contribution in [0.1, 0.15) is 28.4 Å². The highest BCUT2D eigenvalue weighted by molar-refractivity contribution is 5.80. The van der Waals surface area contributed by atoms with Gasteiger partial charge in [0.2, 0.25) is 0 Å². The molecule has 1 rings (SSSR count). The molecule has 0 heterocycles. The molecule has 0 atom stereocenters. The Morgan fingerprint density at radius 2 is 2.08 bits per heavy atom. The van der Waals surface area contributed by atoms with Crippen LogP contribution in [0.15, 0.2) is 18.2 Å². The highest BCUT2D eigenvalue weighted by Gasteiger charge is 2.00. The lowest BCUT2D eigenvalue weighted by Gasteiger charge is -2.01. The summed E-state index contributed by atoms with van der Waals surface area (Å²) in [5.74, 6) is 0.113. The summed E-state index contributed by atoms with van der Waals surface area (Å²) >= 11 is 0. The molecule has 0 unspecified atom stereocenters. The summed E-state index contributed by atoms with van der Waals surface area (Å²) in [5.41, 5.74) is 2.56. The van der Waals surface area contributed by atoms with Crippen LogP contribution in [0.3, 0.4) is 0 Å². The van der Waals surface area contributed by atoms with E-state index in [4.69, 9.17) is 0 Å². The molecular weight excluding hydrogens is 164 g/mol. The van der Waals surface area contributed by atoms with Gasteiger partial charge < -0.3 is 0 Å². The molecule has 1 aromatic rings. The van der Waals surface area contributed by atoms with Crippen LogP contribution < -0.4 is 0 Å². The fourth-order valence-corrected chi connectivity index (χ4v) is 1.35. The third kappa shape index (κ3) is 2.82.